The van der Waals surface area contributed by atoms with Crippen LogP contribution in [0.3, 0.4) is 0 Å². The van der Waals surface area contributed by atoms with Crippen LogP contribution >= 0.6 is 0 Å². The monoisotopic (exact) mass is 290 g/mol. The Hall–Kier alpha value is -1.11. The maximum atomic E-state index is 11.7. The van der Waals surface area contributed by atoms with Gasteiger partial charge in [0.1, 0.15) is 0 Å². The lowest BCUT2D eigenvalue weighted by Crippen LogP contribution is -2.51. The van der Waals surface area contributed by atoms with E-state index in [0.29, 0.717) is 31.6 Å². The Kier molecular flexibility index (Phi) is 6.27. The molecule has 0 radical (unpaired) electrons. The van der Waals surface area contributed by atoms with Crippen molar-refractivity contribution in [2.24, 2.45) is 0 Å². The van der Waals surface area contributed by atoms with Crippen LogP contribution in [-0.4, -0.2) is 45.4 Å². The van der Waals surface area contributed by atoms with Gasteiger partial charge in [0.2, 0.25) is 0 Å². The van der Waals surface area contributed by atoms with Crippen LogP contribution in [0.4, 0.5) is 4.79 Å². The van der Waals surface area contributed by atoms with Crippen LogP contribution in [0.5, 0.6) is 0 Å². The molecule has 0 bridgehead atoms. The molecule has 2 amide bonds. The number of aliphatic carboxylic acids is 1. The second-order valence-corrected chi connectivity index (χ2v) is 6.62. The Labute approximate surface area is 115 Å². The SMILES string of the molecule is CS(=O)CCCNC(=O)NC1(CC(=O)O)CCCC1. The zero-order valence-electron chi connectivity index (χ0n) is 11.2. The molecule has 110 valence electrons. The van der Waals surface area contributed by atoms with E-state index in [9.17, 15) is 13.8 Å². The third-order valence-corrected chi connectivity index (χ3v) is 4.19. The van der Waals surface area contributed by atoms with E-state index in [-0.39, 0.29) is 12.5 Å². The van der Waals surface area contributed by atoms with Crippen LogP contribution in [0.1, 0.15) is 38.5 Å². The fourth-order valence-electron chi connectivity index (χ4n) is 2.45. The molecule has 0 aromatic heterocycles. The van der Waals surface area contributed by atoms with Gasteiger partial charge in [-0.3, -0.25) is 9.00 Å². The quantitative estimate of drug-likeness (QED) is 0.605. The first kappa shape index (κ1) is 15.9. The molecule has 3 N–H and O–H groups in total. The Bertz CT molecular complexity index is 354. The van der Waals surface area contributed by atoms with Gasteiger partial charge in [-0.1, -0.05) is 12.8 Å². The smallest absolute Gasteiger partial charge is 0.315 e. The van der Waals surface area contributed by atoms with Gasteiger partial charge in [0.25, 0.3) is 0 Å². The molecule has 0 saturated heterocycles. The number of carboxylic acid groups (broad SMARTS) is 1. The summed E-state index contributed by atoms with van der Waals surface area (Å²) in [6, 6.07) is -0.329. The summed E-state index contributed by atoms with van der Waals surface area (Å²) >= 11 is 0. The summed E-state index contributed by atoms with van der Waals surface area (Å²) in [7, 11) is -0.850. The highest BCUT2D eigenvalue weighted by Gasteiger charge is 2.37. The van der Waals surface area contributed by atoms with Crippen LogP contribution in [0.15, 0.2) is 0 Å². The van der Waals surface area contributed by atoms with Crippen molar-refractivity contribution in [1.82, 2.24) is 10.6 Å². The molecule has 1 fully saturated rings. The number of carbonyl (C=O) groups excluding carboxylic acids is 1. The van der Waals surface area contributed by atoms with E-state index in [4.69, 9.17) is 5.11 Å². The predicted molar refractivity (Wildman–Crippen MR) is 73.5 cm³/mol. The predicted octanol–water partition coefficient (Wildman–Crippen LogP) is 0.842. The molecule has 1 atom stereocenters. The lowest BCUT2D eigenvalue weighted by atomic mass is 9.93. The molecule has 0 aromatic rings. The topological polar surface area (TPSA) is 95.5 Å². The number of carboxylic acids is 1. The van der Waals surface area contributed by atoms with E-state index in [0.717, 1.165) is 12.8 Å². The number of hydrogen-bond donors (Lipinski definition) is 3. The highest BCUT2D eigenvalue weighted by Crippen LogP contribution is 2.32. The second kappa shape index (κ2) is 7.47. The first-order valence-corrected chi connectivity index (χ1v) is 8.24. The Morgan fingerprint density at radius 3 is 2.47 bits per heavy atom. The van der Waals surface area contributed by atoms with Crippen molar-refractivity contribution in [3.63, 3.8) is 0 Å². The number of urea groups is 1. The van der Waals surface area contributed by atoms with E-state index in [1.807, 2.05) is 0 Å². The average Bonchev–Trinajstić information content (AvgIpc) is 2.71. The number of nitrogens with one attached hydrogen (secondary N) is 2. The van der Waals surface area contributed by atoms with Gasteiger partial charge in [0, 0.05) is 29.4 Å². The molecule has 1 saturated carbocycles. The van der Waals surface area contributed by atoms with E-state index in [1.54, 1.807) is 6.26 Å². The van der Waals surface area contributed by atoms with Crippen molar-refractivity contribution < 1.29 is 18.9 Å². The summed E-state index contributed by atoms with van der Waals surface area (Å²) in [4.78, 5) is 22.6. The summed E-state index contributed by atoms with van der Waals surface area (Å²) in [5, 5.41) is 14.4. The molecule has 6 nitrogen and oxygen atoms in total. The van der Waals surface area contributed by atoms with Gasteiger partial charge in [-0.05, 0) is 19.3 Å². The summed E-state index contributed by atoms with van der Waals surface area (Å²) in [5.74, 6) is -0.329. The molecule has 0 heterocycles. The second-order valence-electron chi connectivity index (χ2n) is 5.07. The highest BCUT2D eigenvalue weighted by atomic mass is 32.2. The van der Waals surface area contributed by atoms with E-state index < -0.39 is 22.3 Å². The van der Waals surface area contributed by atoms with Crippen molar-refractivity contribution >= 4 is 22.8 Å². The zero-order chi connectivity index (χ0) is 14.3. The summed E-state index contributed by atoms with van der Waals surface area (Å²) in [5.41, 5.74) is -0.594. The molecule has 7 heteroatoms. The third-order valence-electron chi connectivity index (χ3n) is 3.32. The van der Waals surface area contributed by atoms with Crippen LogP contribution in [-0.2, 0) is 15.6 Å². The van der Waals surface area contributed by atoms with Gasteiger partial charge in [-0.15, -0.1) is 0 Å². The third kappa shape index (κ3) is 6.04. The molecule has 19 heavy (non-hydrogen) atoms. The maximum absolute atomic E-state index is 11.7. The van der Waals surface area contributed by atoms with Gasteiger partial charge in [-0.25, -0.2) is 4.79 Å². The van der Waals surface area contributed by atoms with E-state index in [1.165, 1.54) is 0 Å². The first-order chi connectivity index (χ1) is 8.93. The Morgan fingerprint density at radius 1 is 1.32 bits per heavy atom. The van der Waals surface area contributed by atoms with Crippen LogP contribution < -0.4 is 10.6 Å². The summed E-state index contributed by atoms with van der Waals surface area (Å²) in [6.45, 7) is 0.453. The van der Waals surface area contributed by atoms with Gasteiger partial charge in [-0.2, -0.15) is 0 Å². The van der Waals surface area contributed by atoms with Crippen LogP contribution in [0.25, 0.3) is 0 Å². The van der Waals surface area contributed by atoms with Crippen molar-refractivity contribution in [2.75, 3.05) is 18.6 Å². The zero-order valence-corrected chi connectivity index (χ0v) is 12.1. The highest BCUT2D eigenvalue weighted by molar-refractivity contribution is 7.84. The molecule has 0 spiro atoms. The molecular weight excluding hydrogens is 268 g/mol. The van der Waals surface area contributed by atoms with Gasteiger partial charge >= 0.3 is 12.0 Å². The van der Waals surface area contributed by atoms with Crippen molar-refractivity contribution in [3.8, 4) is 0 Å². The minimum Gasteiger partial charge on any atom is -0.481 e. The van der Waals surface area contributed by atoms with Crippen LogP contribution in [0, 0.1) is 0 Å². The Balaban J connectivity index is 2.35. The van der Waals surface area contributed by atoms with E-state index in [2.05, 4.69) is 10.6 Å². The largest absolute Gasteiger partial charge is 0.481 e. The maximum Gasteiger partial charge on any atom is 0.315 e. The Morgan fingerprint density at radius 2 is 1.95 bits per heavy atom. The van der Waals surface area contributed by atoms with Gasteiger partial charge < -0.3 is 15.7 Å². The number of carbonyl (C=O) groups is 2. The molecule has 0 aromatic carbocycles. The van der Waals surface area contributed by atoms with Crippen molar-refractivity contribution in [2.45, 2.75) is 44.1 Å². The molecule has 1 unspecified atom stereocenters. The number of hydrogen-bond acceptors (Lipinski definition) is 3. The number of rotatable bonds is 7. The summed E-state index contributed by atoms with van der Waals surface area (Å²) in [6.07, 6.45) is 5.57. The standard InChI is InChI=1S/C12H22N2O4S/c1-19(18)8-4-7-13-11(17)14-12(9-10(15)16)5-2-3-6-12/h2-9H2,1H3,(H,15,16)(H2,13,14,17). The van der Waals surface area contributed by atoms with Crippen LogP contribution in [0.2, 0.25) is 0 Å². The van der Waals surface area contributed by atoms with Gasteiger partial charge in [0.05, 0.1) is 12.0 Å². The lowest BCUT2D eigenvalue weighted by molar-refractivity contribution is -0.138. The molecular formula is C12H22N2O4S. The fraction of sp³-hybridized carbons (Fsp3) is 0.833. The lowest BCUT2D eigenvalue weighted by Gasteiger charge is -2.28. The normalized spacial score (nSPS) is 18.8. The fourth-order valence-corrected chi connectivity index (χ4v) is 3.00. The minimum absolute atomic E-state index is 0.0284. The molecule has 1 aliphatic rings. The number of amides is 2. The first-order valence-electron chi connectivity index (χ1n) is 6.51. The van der Waals surface area contributed by atoms with Crippen molar-refractivity contribution in [3.05, 3.63) is 0 Å². The summed E-state index contributed by atoms with van der Waals surface area (Å²) < 4.78 is 10.9. The molecule has 1 aliphatic carbocycles. The van der Waals surface area contributed by atoms with E-state index >= 15 is 0 Å². The molecule has 0 aliphatic heterocycles. The average molecular weight is 290 g/mol. The molecule has 1 rings (SSSR count). The minimum atomic E-state index is -0.886. The van der Waals surface area contributed by atoms with Crippen molar-refractivity contribution in [1.29, 1.82) is 0 Å². The van der Waals surface area contributed by atoms with Gasteiger partial charge in [0.15, 0.2) is 0 Å².